The highest BCUT2D eigenvalue weighted by Gasteiger charge is 2.12. The van der Waals surface area contributed by atoms with Crippen molar-refractivity contribution in [1.29, 1.82) is 0 Å². The zero-order valence-corrected chi connectivity index (χ0v) is 11.7. The molecule has 0 aromatic carbocycles. The lowest BCUT2D eigenvalue weighted by atomic mass is 10.1. The van der Waals surface area contributed by atoms with E-state index in [1.54, 1.807) is 0 Å². The average Bonchev–Trinajstić information content (AvgIpc) is 2.91. The van der Waals surface area contributed by atoms with Gasteiger partial charge < -0.3 is 10.2 Å². The summed E-state index contributed by atoms with van der Waals surface area (Å²) in [5.74, 6) is -1.30. The standard InChI is InChI=1S/C14H17N3O4/c1-2-3-4-9-7-11(19)13(10(18)5-6-12(20)21)14-15-8-16-17(9)14/h7-8,18H,2-6H2,1H3,(H,20,21). The summed E-state index contributed by atoms with van der Waals surface area (Å²) in [7, 11) is 0. The number of pyridine rings is 1. The van der Waals surface area contributed by atoms with Gasteiger partial charge in [0.2, 0.25) is 0 Å². The number of carbonyl (C=O) groups is 1. The molecule has 2 N–H and O–H groups in total. The lowest BCUT2D eigenvalue weighted by Crippen LogP contribution is -2.31. The van der Waals surface area contributed by atoms with E-state index >= 15 is 0 Å². The van der Waals surface area contributed by atoms with Crippen molar-refractivity contribution in [2.24, 2.45) is 0 Å². The van der Waals surface area contributed by atoms with E-state index in [1.165, 1.54) is 16.9 Å². The Labute approximate surface area is 120 Å². The van der Waals surface area contributed by atoms with Gasteiger partial charge in [0.1, 0.15) is 17.3 Å². The van der Waals surface area contributed by atoms with E-state index in [4.69, 9.17) is 5.11 Å². The molecule has 0 fully saturated rings. The molecular weight excluding hydrogens is 274 g/mol. The second-order valence-electron chi connectivity index (χ2n) is 4.81. The summed E-state index contributed by atoms with van der Waals surface area (Å²) in [6, 6.07) is 1.43. The van der Waals surface area contributed by atoms with Gasteiger partial charge in [0.05, 0.1) is 6.42 Å². The van der Waals surface area contributed by atoms with Gasteiger partial charge in [0.15, 0.2) is 11.1 Å². The van der Waals surface area contributed by atoms with Crippen LogP contribution in [0.15, 0.2) is 17.2 Å². The maximum Gasteiger partial charge on any atom is 0.303 e. The molecule has 0 amide bonds. The molecule has 2 heterocycles. The first-order valence-corrected chi connectivity index (χ1v) is 6.84. The zero-order chi connectivity index (χ0) is 15.4. The normalized spacial score (nSPS) is 12.6. The number of aliphatic carboxylic acids is 1. The van der Waals surface area contributed by atoms with E-state index in [9.17, 15) is 14.7 Å². The van der Waals surface area contributed by atoms with Gasteiger partial charge in [0.25, 0.3) is 0 Å². The van der Waals surface area contributed by atoms with Crippen molar-refractivity contribution < 1.29 is 15.0 Å². The van der Waals surface area contributed by atoms with Crippen molar-refractivity contribution in [2.75, 3.05) is 0 Å². The number of aliphatic hydroxyl groups is 1. The highest BCUT2D eigenvalue weighted by atomic mass is 16.4. The quantitative estimate of drug-likeness (QED) is 0.811. The van der Waals surface area contributed by atoms with Gasteiger partial charge in [0, 0.05) is 18.2 Å². The number of nitrogens with zero attached hydrogens (tertiary/aromatic N) is 3. The van der Waals surface area contributed by atoms with Crippen LogP contribution in [-0.2, 0) is 11.2 Å². The van der Waals surface area contributed by atoms with E-state index in [2.05, 4.69) is 17.0 Å². The second-order valence-corrected chi connectivity index (χ2v) is 4.81. The van der Waals surface area contributed by atoms with Gasteiger partial charge in [-0.15, -0.1) is 0 Å². The predicted molar refractivity (Wildman–Crippen MR) is 76.0 cm³/mol. The zero-order valence-electron chi connectivity index (χ0n) is 11.7. The number of aliphatic hydroxyl groups excluding tert-OH is 1. The van der Waals surface area contributed by atoms with E-state index in [0.29, 0.717) is 6.42 Å². The summed E-state index contributed by atoms with van der Waals surface area (Å²) in [4.78, 5) is 26.8. The molecule has 2 aromatic heterocycles. The van der Waals surface area contributed by atoms with Crippen LogP contribution in [0.25, 0.3) is 11.4 Å². The van der Waals surface area contributed by atoms with Crippen molar-refractivity contribution in [3.8, 4) is 0 Å². The molecule has 21 heavy (non-hydrogen) atoms. The molecule has 7 nitrogen and oxygen atoms in total. The summed E-state index contributed by atoms with van der Waals surface area (Å²) in [6.45, 7) is 2.05. The van der Waals surface area contributed by atoms with Crippen LogP contribution in [0.3, 0.4) is 0 Å². The van der Waals surface area contributed by atoms with E-state index in [-0.39, 0.29) is 34.9 Å². The molecule has 112 valence electrons. The smallest absolute Gasteiger partial charge is 0.303 e. The number of aromatic nitrogens is 3. The first-order chi connectivity index (χ1) is 10.0. The Kier molecular flexibility index (Phi) is 4.52. The molecule has 7 heteroatoms. The van der Waals surface area contributed by atoms with E-state index < -0.39 is 5.97 Å². The number of unbranched alkanes of at least 4 members (excludes halogenated alkanes) is 1. The molecule has 0 unspecified atom stereocenters. The molecule has 0 saturated heterocycles. The molecule has 0 atom stereocenters. The first-order valence-electron chi connectivity index (χ1n) is 6.84. The molecule has 0 radical (unpaired) electrons. The Balaban J connectivity index is 2.58. The van der Waals surface area contributed by atoms with Crippen LogP contribution in [0.5, 0.6) is 0 Å². The minimum atomic E-state index is -1.04. The Bertz CT molecular complexity index is 766. The number of carboxylic acid groups (broad SMARTS) is 1. The number of hydrogen-bond acceptors (Lipinski definition) is 5. The summed E-state index contributed by atoms with van der Waals surface area (Å²) >= 11 is 0. The van der Waals surface area contributed by atoms with Crippen molar-refractivity contribution in [2.45, 2.75) is 39.0 Å². The Morgan fingerprint density at radius 2 is 2.10 bits per heavy atom. The van der Waals surface area contributed by atoms with Crippen molar-refractivity contribution in [3.05, 3.63) is 33.5 Å². The van der Waals surface area contributed by atoms with E-state index in [0.717, 1.165) is 18.5 Å². The average molecular weight is 291 g/mol. The Hall–Kier alpha value is -2.44. The van der Waals surface area contributed by atoms with Crippen LogP contribution in [0.2, 0.25) is 0 Å². The summed E-state index contributed by atoms with van der Waals surface area (Å²) in [5, 5.41) is 22.8. The first kappa shape index (κ1) is 15.0. The summed E-state index contributed by atoms with van der Waals surface area (Å²) in [5.41, 5.74) is 0.658. The highest BCUT2D eigenvalue weighted by molar-refractivity contribution is 5.68. The minimum absolute atomic E-state index is 0.0361. The number of carboxylic acids is 1. The summed E-state index contributed by atoms with van der Waals surface area (Å²) in [6.07, 6.45) is 3.56. The predicted octanol–water partition coefficient (Wildman–Crippen LogP) is 0.682. The molecule has 2 aromatic rings. The molecule has 0 aliphatic heterocycles. The fourth-order valence-corrected chi connectivity index (χ4v) is 2.17. The van der Waals surface area contributed by atoms with Gasteiger partial charge in [-0.25, -0.2) is 9.50 Å². The number of aryl methyl sites for hydroxylation is 1. The molecule has 0 bridgehead atoms. The van der Waals surface area contributed by atoms with Crippen LogP contribution in [0, 0.1) is 0 Å². The van der Waals surface area contributed by atoms with Crippen LogP contribution in [0.1, 0.15) is 38.3 Å². The number of fused-ring (bicyclic) bond motifs is 1. The van der Waals surface area contributed by atoms with Crippen LogP contribution >= 0.6 is 0 Å². The van der Waals surface area contributed by atoms with E-state index in [1.807, 2.05) is 0 Å². The number of hydrogen-bond donors (Lipinski definition) is 2. The lowest BCUT2D eigenvalue weighted by molar-refractivity contribution is -0.136. The minimum Gasteiger partial charge on any atom is -0.511 e. The van der Waals surface area contributed by atoms with Crippen LogP contribution < -0.4 is 10.6 Å². The third-order valence-electron chi connectivity index (χ3n) is 3.24. The largest absolute Gasteiger partial charge is 0.511 e. The molecule has 0 aliphatic rings. The molecule has 0 spiro atoms. The Morgan fingerprint density at radius 3 is 2.76 bits per heavy atom. The number of rotatable bonds is 6. The molecular formula is C14H17N3O4. The second kappa shape index (κ2) is 6.34. The third kappa shape index (κ3) is 3.18. The molecule has 0 saturated carbocycles. The topological polar surface area (TPSA) is 105 Å². The fourth-order valence-electron chi connectivity index (χ4n) is 2.17. The van der Waals surface area contributed by atoms with Crippen molar-refractivity contribution in [1.82, 2.24) is 14.6 Å². The fraction of sp³-hybridized carbons (Fsp3) is 0.429. The van der Waals surface area contributed by atoms with Crippen LogP contribution in [-0.4, -0.2) is 30.8 Å². The van der Waals surface area contributed by atoms with Gasteiger partial charge in [-0.1, -0.05) is 13.3 Å². The van der Waals surface area contributed by atoms with Gasteiger partial charge in [-0.3, -0.25) is 9.59 Å². The van der Waals surface area contributed by atoms with Crippen molar-refractivity contribution >= 4 is 17.4 Å². The van der Waals surface area contributed by atoms with Gasteiger partial charge in [-0.05, 0) is 12.8 Å². The highest BCUT2D eigenvalue weighted by Crippen LogP contribution is 2.05. The maximum absolute atomic E-state index is 12.2. The lowest BCUT2D eigenvalue weighted by Gasteiger charge is -2.04. The Morgan fingerprint density at radius 1 is 1.33 bits per heavy atom. The molecule has 0 aliphatic carbocycles. The summed E-state index contributed by atoms with van der Waals surface area (Å²) < 4.78 is 1.53. The maximum atomic E-state index is 12.2. The third-order valence-corrected chi connectivity index (χ3v) is 3.24. The van der Waals surface area contributed by atoms with Gasteiger partial charge in [-0.2, -0.15) is 5.10 Å². The van der Waals surface area contributed by atoms with Crippen LogP contribution in [0.4, 0.5) is 0 Å². The van der Waals surface area contributed by atoms with Crippen molar-refractivity contribution in [3.63, 3.8) is 0 Å². The SMILES string of the molecule is CCCCc1cc(=O)c(=C(O)CCC(=O)O)c2ncnn12. The monoisotopic (exact) mass is 291 g/mol. The molecule has 2 rings (SSSR count). The van der Waals surface area contributed by atoms with Gasteiger partial charge >= 0.3 is 5.97 Å².